The Labute approximate surface area is 93.8 Å². The summed E-state index contributed by atoms with van der Waals surface area (Å²) in [6, 6.07) is 0.281. The van der Waals surface area contributed by atoms with Gasteiger partial charge in [0.2, 0.25) is 0 Å². The van der Waals surface area contributed by atoms with Crippen LogP contribution in [-0.4, -0.2) is 23.3 Å². The molecule has 1 rings (SSSR count). The van der Waals surface area contributed by atoms with Gasteiger partial charge in [-0.2, -0.15) is 0 Å². The van der Waals surface area contributed by atoms with Crippen molar-refractivity contribution in [2.24, 2.45) is 5.41 Å². The predicted molar refractivity (Wildman–Crippen MR) is 64.9 cm³/mol. The monoisotopic (exact) mass is 211 g/mol. The Morgan fingerprint density at radius 1 is 1.33 bits per heavy atom. The van der Waals surface area contributed by atoms with E-state index in [-0.39, 0.29) is 6.04 Å². The summed E-state index contributed by atoms with van der Waals surface area (Å²) >= 11 is 0. The average Bonchev–Trinajstić information content (AvgIpc) is 2.20. The minimum atomic E-state index is -0.493. The van der Waals surface area contributed by atoms with Gasteiger partial charge in [-0.1, -0.05) is 19.9 Å². The summed E-state index contributed by atoms with van der Waals surface area (Å²) in [6.45, 7) is 11.0. The van der Waals surface area contributed by atoms with Gasteiger partial charge in [-0.3, -0.25) is 0 Å². The number of hydrogen-bond acceptors (Lipinski definition) is 2. The highest BCUT2D eigenvalue weighted by Gasteiger charge is 2.36. The van der Waals surface area contributed by atoms with Crippen molar-refractivity contribution in [2.75, 3.05) is 6.54 Å². The van der Waals surface area contributed by atoms with Crippen molar-refractivity contribution in [3.63, 3.8) is 0 Å². The van der Waals surface area contributed by atoms with Gasteiger partial charge in [0.15, 0.2) is 0 Å². The van der Waals surface area contributed by atoms with Gasteiger partial charge in [0, 0.05) is 12.6 Å². The maximum atomic E-state index is 10.4. The van der Waals surface area contributed by atoms with Crippen molar-refractivity contribution >= 4 is 0 Å². The van der Waals surface area contributed by atoms with Crippen LogP contribution in [0.1, 0.15) is 46.5 Å². The molecule has 0 spiro atoms. The van der Waals surface area contributed by atoms with Gasteiger partial charge >= 0.3 is 0 Å². The summed E-state index contributed by atoms with van der Waals surface area (Å²) in [7, 11) is 0. The minimum Gasteiger partial charge on any atom is -0.389 e. The molecule has 0 radical (unpaired) electrons. The van der Waals surface area contributed by atoms with Crippen LogP contribution < -0.4 is 5.32 Å². The fourth-order valence-corrected chi connectivity index (χ4v) is 2.00. The van der Waals surface area contributed by atoms with Gasteiger partial charge in [-0.25, -0.2) is 0 Å². The van der Waals surface area contributed by atoms with E-state index in [2.05, 4.69) is 32.7 Å². The molecule has 1 aliphatic carbocycles. The molecule has 88 valence electrons. The van der Waals surface area contributed by atoms with Crippen molar-refractivity contribution in [3.8, 4) is 0 Å². The van der Waals surface area contributed by atoms with E-state index in [0.29, 0.717) is 12.0 Å². The molecule has 2 nitrogen and oxygen atoms in total. The number of aliphatic hydroxyl groups is 1. The van der Waals surface area contributed by atoms with Gasteiger partial charge in [0.1, 0.15) is 0 Å². The summed E-state index contributed by atoms with van der Waals surface area (Å²) in [5.74, 6) is 0. The van der Waals surface area contributed by atoms with Crippen LogP contribution in [0.4, 0.5) is 0 Å². The maximum absolute atomic E-state index is 10.4. The standard InChI is InChI=1S/C13H25NO/c1-5-11(2)14-10-13(15)8-6-12(3,4)7-9-13/h5,11,14-15H,1,6-10H2,2-4H3. The summed E-state index contributed by atoms with van der Waals surface area (Å²) in [5, 5.41) is 13.7. The first kappa shape index (κ1) is 12.7. The third-order valence-corrected chi connectivity index (χ3v) is 3.64. The van der Waals surface area contributed by atoms with Crippen LogP contribution in [0, 0.1) is 5.41 Å². The zero-order valence-electron chi connectivity index (χ0n) is 10.3. The Kier molecular flexibility index (Phi) is 3.96. The highest BCUT2D eigenvalue weighted by atomic mass is 16.3. The third-order valence-electron chi connectivity index (χ3n) is 3.64. The predicted octanol–water partition coefficient (Wildman–Crippen LogP) is 2.48. The second-order valence-corrected chi connectivity index (χ2v) is 5.79. The molecule has 1 unspecified atom stereocenters. The molecule has 0 aromatic carbocycles. The topological polar surface area (TPSA) is 32.3 Å². The number of nitrogens with one attached hydrogen (secondary N) is 1. The van der Waals surface area contributed by atoms with Crippen LogP contribution in [0.25, 0.3) is 0 Å². The zero-order valence-corrected chi connectivity index (χ0v) is 10.3. The van der Waals surface area contributed by atoms with Gasteiger partial charge < -0.3 is 10.4 Å². The SMILES string of the molecule is C=CC(C)NCC1(O)CCC(C)(C)CC1. The van der Waals surface area contributed by atoms with Crippen molar-refractivity contribution in [2.45, 2.75) is 58.1 Å². The van der Waals surface area contributed by atoms with E-state index in [1.54, 1.807) is 0 Å². The lowest BCUT2D eigenvalue weighted by molar-refractivity contribution is -0.0250. The summed E-state index contributed by atoms with van der Waals surface area (Å²) in [6.07, 6.45) is 5.94. The van der Waals surface area contributed by atoms with Crippen LogP contribution >= 0.6 is 0 Å². The van der Waals surface area contributed by atoms with Crippen molar-refractivity contribution in [1.29, 1.82) is 0 Å². The fraction of sp³-hybridized carbons (Fsp3) is 0.846. The van der Waals surface area contributed by atoms with Crippen LogP contribution in [0.15, 0.2) is 12.7 Å². The lowest BCUT2D eigenvalue weighted by Gasteiger charge is -2.40. The molecule has 0 aliphatic heterocycles. The molecule has 0 aromatic rings. The molecule has 2 heteroatoms. The largest absolute Gasteiger partial charge is 0.389 e. The fourth-order valence-electron chi connectivity index (χ4n) is 2.00. The Morgan fingerprint density at radius 3 is 2.33 bits per heavy atom. The molecule has 1 fully saturated rings. The first-order valence-electron chi connectivity index (χ1n) is 5.95. The second-order valence-electron chi connectivity index (χ2n) is 5.79. The van der Waals surface area contributed by atoms with E-state index >= 15 is 0 Å². The normalized spacial score (nSPS) is 25.9. The summed E-state index contributed by atoms with van der Waals surface area (Å²) in [5.41, 5.74) is -0.0803. The maximum Gasteiger partial charge on any atom is 0.0772 e. The molecule has 1 saturated carbocycles. The van der Waals surface area contributed by atoms with E-state index in [0.717, 1.165) is 25.7 Å². The molecule has 15 heavy (non-hydrogen) atoms. The van der Waals surface area contributed by atoms with Gasteiger partial charge in [0.25, 0.3) is 0 Å². The molecule has 0 saturated heterocycles. The Morgan fingerprint density at radius 2 is 1.87 bits per heavy atom. The molecule has 0 amide bonds. The molecule has 2 N–H and O–H groups in total. The molecule has 0 heterocycles. The van der Waals surface area contributed by atoms with E-state index in [4.69, 9.17) is 0 Å². The van der Waals surface area contributed by atoms with Crippen LogP contribution in [0.5, 0.6) is 0 Å². The number of rotatable bonds is 4. The summed E-state index contributed by atoms with van der Waals surface area (Å²) in [4.78, 5) is 0. The van der Waals surface area contributed by atoms with Gasteiger partial charge in [-0.15, -0.1) is 6.58 Å². The van der Waals surface area contributed by atoms with E-state index in [1.807, 2.05) is 6.08 Å². The smallest absolute Gasteiger partial charge is 0.0772 e. The molecule has 0 aromatic heterocycles. The van der Waals surface area contributed by atoms with Crippen molar-refractivity contribution in [3.05, 3.63) is 12.7 Å². The van der Waals surface area contributed by atoms with Crippen LogP contribution in [0.2, 0.25) is 0 Å². The molecule has 1 atom stereocenters. The second kappa shape index (κ2) is 4.67. The Balaban J connectivity index is 2.38. The van der Waals surface area contributed by atoms with Crippen molar-refractivity contribution in [1.82, 2.24) is 5.32 Å². The Hall–Kier alpha value is -0.340. The Bertz CT molecular complexity index is 213. The quantitative estimate of drug-likeness (QED) is 0.700. The molecular formula is C13H25NO. The van der Waals surface area contributed by atoms with E-state index < -0.39 is 5.60 Å². The van der Waals surface area contributed by atoms with Crippen molar-refractivity contribution < 1.29 is 5.11 Å². The summed E-state index contributed by atoms with van der Waals surface area (Å²) < 4.78 is 0. The van der Waals surface area contributed by atoms with Crippen LogP contribution in [-0.2, 0) is 0 Å². The molecule has 1 aliphatic rings. The number of hydrogen-bond donors (Lipinski definition) is 2. The molecular weight excluding hydrogens is 186 g/mol. The van der Waals surface area contributed by atoms with Gasteiger partial charge in [-0.05, 0) is 38.0 Å². The lowest BCUT2D eigenvalue weighted by Crippen LogP contribution is -2.46. The highest BCUT2D eigenvalue weighted by Crippen LogP contribution is 2.39. The zero-order chi connectivity index (χ0) is 11.5. The minimum absolute atomic E-state index is 0.281. The third kappa shape index (κ3) is 3.96. The van der Waals surface area contributed by atoms with E-state index in [1.165, 1.54) is 0 Å². The first-order valence-corrected chi connectivity index (χ1v) is 5.95. The average molecular weight is 211 g/mol. The lowest BCUT2D eigenvalue weighted by atomic mass is 9.71. The molecule has 0 bridgehead atoms. The first-order chi connectivity index (χ1) is 6.87. The van der Waals surface area contributed by atoms with E-state index in [9.17, 15) is 5.11 Å². The highest BCUT2D eigenvalue weighted by molar-refractivity contribution is 4.92. The van der Waals surface area contributed by atoms with Gasteiger partial charge in [0.05, 0.1) is 5.60 Å². The van der Waals surface area contributed by atoms with Crippen LogP contribution in [0.3, 0.4) is 0 Å².